The number of benzene rings is 1. The zero-order valence-corrected chi connectivity index (χ0v) is 14.1. The molecule has 3 heteroatoms. The van der Waals surface area contributed by atoms with Gasteiger partial charge in [-0.15, -0.1) is 0 Å². The van der Waals surface area contributed by atoms with Gasteiger partial charge in [-0.25, -0.2) is 0 Å². The molecule has 1 saturated carbocycles. The molecule has 1 unspecified atom stereocenters. The average molecular weight is 318 g/mol. The van der Waals surface area contributed by atoms with Crippen molar-refractivity contribution in [1.82, 2.24) is 0 Å². The zero-order chi connectivity index (χ0) is 15.3. The van der Waals surface area contributed by atoms with Gasteiger partial charge in [0.1, 0.15) is 0 Å². The number of amides is 1. The molecule has 1 spiro atoms. The van der Waals surface area contributed by atoms with Crippen molar-refractivity contribution >= 4 is 23.2 Å². The molecule has 2 fully saturated rings. The second kappa shape index (κ2) is 5.26. The minimum absolute atomic E-state index is 0.279. The summed E-state index contributed by atoms with van der Waals surface area (Å²) in [6.45, 7) is 3.19. The number of nitrogens with zero attached hydrogens (tertiary/aromatic N) is 1. The van der Waals surface area contributed by atoms with E-state index in [-0.39, 0.29) is 11.3 Å². The number of carbonyl (C=O) groups is 1. The molecule has 1 saturated heterocycles. The SMILES string of the molecule is CC1CC2(CCCCC2)c2c(Cl)ccc(N3CCCC3=O)c21. The largest absolute Gasteiger partial charge is 0.312 e. The van der Waals surface area contributed by atoms with Crippen LogP contribution in [0.2, 0.25) is 5.02 Å². The summed E-state index contributed by atoms with van der Waals surface area (Å²) in [4.78, 5) is 14.2. The van der Waals surface area contributed by atoms with E-state index < -0.39 is 0 Å². The van der Waals surface area contributed by atoms with Crippen LogP contribution in [0.15, 0.2) is 12.1 Å². The molecule has 2 nitrogen and oxygen atoms in total. The highest BCUT2D eigenvalue weighted by Gasteiger charge is 2.46. The summed E-state index contributed by atoms with van der Waals surface area (Å²) in [5.41, 5.74) is 4.20. The number of hydrogen-bond donors (Lipinski definition) is 0. The van der Waals surface area contributed by atoms with Crippen LogP contribution in [0.4, 0.5) is 5.69 Å². The molecule has 0 bridgehead atoms. The van der Waals surface area contributed by atoms with Crippen molar-refractivity contribution in [2.45, 2.75) is 69.6 Å². The Morgan fingerprint density at radius 1 is 1.18 bits per heavy atom. The summed E-state index contributed by atoms with van der Waals surface area (Å²) in [6, 6.07) is 4.12. The second-order valence-electron chi connectivity index (χ2n) is 7.45. The van der Waals surface area contributed by atoms with Crippen LogP contribution in [0.25, 0.3) is 0 Å². The molecule has 0 N–H and O–H groups in total. The van der Waals surface area contributed by atoms with E-state index in [9.17, 15) is 4.79 Å². The van der Waals surface area contributed by atoms with Crippen molar-refractivity contribution in [3.05, 3.63) is 28.3 Å². The Kier molecular flexibility index (Phi) is 3.48. The average Bonchev–Trinajstić information content (AvgIpc) is 3.04. The summed E-state index contributed by atoms with van der Waals surface area (Å²) in [7, 11) is 0. The van der Waals surface area contributed by atoms with E-state index in [1.165, 1.54) is 49.7 Å². The summed E-state index contributed by atoms with van der Waals surface area (Å²) in [6.07, 6.45) is 9.40. The first kappa shape index (κ1) is 14.6. The molecule has 0 aromatic heterocycles. The van der Waals surface area contributed by atoms with Gasteiger partial charge >= 0.3 is 0 Å². The van der Waals surface area contributed by atoms with Gasteiger partial charge in [0, 0.05) is 23.7 Å². The zero-order valence-electron chi connectivity index (χ0n) is 13.3. The van der Waals surface area contributed by atoms with E-state index in [0.29, 0.717) is 12.3 Å². The third-order valence-electron chi connectivity index (χ3n) is 6.07. The maximum absolute atomic E-state index is 12.2. The van der Waals surface area contributed by atoms with Crippen molar-refractivity contribution in [2.75, 3.05) is 11.4 Å². The number of rotatable bonds is 1. The van der Waals surface area contributed by atoms with E-state index in [4.69, 9.17) is 11.6 Å². The standard InChI is InChI=1S/C19H24ClNO/c1-13-12-19(9-3-2-4-10-19)18-14(20)7-8-15(17(13)18)21-11-5-6-16(21)22/h7-8,13H,2-6,9-12H2,1H3. The highest BCUT2D eigenvalue weighted by atomic mass is 35.5. The number of carbonyl (C=O) groups excluding carboxylic acids is 1. The fraction of sp³-hybridized carbons (Fsp3) is 0.632. The lowest BCUT2D eigenvalue weighted by Gasteiger charge is -2.35. The van der Waals surface area contributed by atoms with Gasteiger partial charge in [-0.3, -0.25) is 4.79 Å². The summed E-state index contributed by atoms with van der Waals surface area (Å²) < 4.78 is 0. The van der Waals surface area contributed by atoms with E-state index in [1.807, 2.05) is 11.0 Å². The van der Waals surface area contributed by atoms with Gasteiger partial charge in [0.05, 0.1) is 0 Å². The molecule has 1 aromatic carbocycles. The van der Waals surface area contributed by atoms with Crippen molar-refractivity contribution in [2.24, 2.45) is 0 Å². The Labute approximate surface area is 137 Å². The molecule has 1 heterocycles. The summed E-state index contributed by atoms with van der Waals surface area (Å²) in [5, 5.41) is 0.927. The van der Waals surface area contributed by atoms with E-state index >= 15 is 0 Å². The highest BCUT2D eigenvalue weighted by Crippen LogP contribution is 2.58. The first-order valence-corrected chi connectivity index (χ1v) is 9.13. The molecule has 2 aliphatic carbocycles. The number of anilines is 1. The van der Waals surface area contributed by atoms with Crippen molar-refractivity contribution < 1.29 is 4.79 Å². The van der Waals surface area contributed by atoms with Crippen molar-refractivity contribution in [3.63, 3.8) is 0 Å². The highest BCUT2D eigenvalue weighted by molar-refractivity contribution is 6.31. The van der Waals surface area contributed by atoms with E-state index in [1.54, 1.807) is 0 Å². The molecule has 1 amide bonds. The van der Waals surface area contributed by atoms with Gasteiger partial charge in [-0.1, -0.05) is 37.8 Å². The first-order chi connectivity index (χ1) is 10.6. The normalized spacial score (nSPS) is 26.7. The van der Waals surface area contributed by atoms with E-state index in [0.717, 1.165) is 23.7 Å². The van der Waals surface area contributed by atoms with Gasteiger partial charge in [0.25, 0.3) is 0 Å². The van der Waals surface area contributed by atoms with Crippen LogP contribution in [-0.4, -0.2) is 12.5 Å². The third-order valence-corrected chi connectivity index (χ3v) is 6.38. The molecule has 22 heavy (non-hydrogen) atoms. The molecule has 0 radical (unpaired) electrons. The smallest absolute Gasteiger partial charge is 0.227 e. The fourth-order valence-corrected chi connectivity index (χ4v) is 5.60. The van der Waals surface area contributed by atoms with Crippen LogP contribution in [0.1, 0.15) is 75.3 Å². The predicted molar refractivity (Wildman–Crippen MR) is 90.8 cm³/mol. The van der Waals surface area contributed by atoms with E-state index in [2.05, 4.69) is 13.0 Å². The molecule has 3 aliphatic rings. The van der Waals surface area contributed by atoms with Crippen LogP contribution in [0.3, 0.4) is 0 Å². The number of fused-ring (bicyclic) bond motifs is 2. The predicted octanol–water partition coefficient (Wildman–Crippen LogP) is 5.18. The maximum Gasteiger partial charge on any atom is 0.227 e. The molecular weight excluding hydrogens is 294 g/mol. The van der Waals surface area contributed by atoms with Crippen molar-refractivity contribution in [1.29, 1.82) is 0 Å². The summed E-state index contributed by atoms with van der Waals surface area (Å²) in [5.74, 6) is 0.788. The monoisotopic (exact) mass is 317 g/mol. The Morgan fingerprint density at radius 2 is 1.95 bits per heavy atom. The van der Waals surface area contributed by atoms with Gasteiger partial charge in [-0.2, -0.15) is 0 Å². The fourth-order valence-electron chi connectivity index (χ4n) is 5.23. The van der Waals surface area contributed by atoms with Gasteiger partial charge < -0.3 is 4.90 Å². The van der Waals surface area contributed by atoms with Crippen molar-refractivity contribution in [3.8, 4) is 0 Å². The van der Waals surface area contributed by atoms with Crippen LogP contribution in [0, 0.1) is 0 Å². The summed E-state index contributed by atoms with van der Waals surface area (Å²) >= 11 is 6.67. The second-order valence-corrected chi connectivity index (χ2v) is 7.86. The molecule has 4 rings (SSSR count). The van der Waals surface area contributed by atoms with Crippen LogP contribution >= 0.6 is 11.6 Å². The Hall–Kier alpha value is -1.02. The minimum atomic E-state index is 0.279. The topological polar surface area (TPSA) is 20.3 Å². The van der Waals surface area contributed by atoms with Gasteiger partial charge in [0.15, 0.2) is 0 Å². The third kappa shape index (κ3) is 2.03. The Morgan fingerprint density at radius 3 is 2.64 bits per heavy atom. The quantitative estimate of drug-likeness (QED) is 0.699. The van der Waals surface area contributed by atoms with Gasteiger partial charge in [0.2, 0.25) is 5.91 Å². The molecule has 118 valence electrons. The molecule has 1 aromatic rings. The maximum atomic E-state index is 12.2. The Bertz CT molecular complexity index is 618. The number of hydrogen-bond acceptors (Lipinski definition) is 1. The van der Waals surface area contributed by atoms with Crippen LogP contribution in [-0.2, 0) is 10.2 Å². The lowest BCUT2D eigenvalue weighted by atomic mass is 9.70. The van der Waals surface area contributed by atoms with Gasteiger partial charge in [-0.05, 0) is 60.3 Å². The molecular formula is C19H24ClNO. The van der Waals surface area contributed by atoms with Crippen LogP contribution in [0.5, 0.6) is 0 Å². The lowest BCUT2D eigenvalue weighted by Crippen LogP contribution is -2.27. The number of halogens is 1. The molecule has 1 atom stereocenters. The minimum Gasteiger partial charge on any atom is -0.312 e. The molecule has 1 aliphatic heterocycles. The van der Waals surface area contributed by atoms with Crippen LogP contribution < -0.4 is 4.90 Å². The Balaban J connectivity index is 1.86. The lowest BCUT2D eigenvalue weighted by molar-refractivity contribution is -0.117. The first-order valence-electron chi connectivity index (χ1n) is 8.76.